The lowest BCUT2D eigenvalue weighted by molar-refractivity contribution is 0.545. The van der Waals surface area contributed by atoms with Crippen molar-refractivity contribution in [2.75, 3.05) is 0 Å². The smallest absolute Gasteiger partial charge is 0.133 e. The van der Waals surface area contributed by atoms with Crippen molar-refractivity contribution in [1.82, 2.24) is 55.3 Å². The summed E-state index contributed by atoms with van der Waals surface area (Å²) in [6.07, 6.45) is 17.7. The molecule has 0 saturated carbocycles. The maximum atomic E-state index is 4.25. The normalized spacial score (nSPS) is 11.2. The molecule has 0 aromatic carbocycles. The van der Waals surface area contributed by atoms with E-state index in [0.29, 0.717) is 0 Å². The Morgan fingerprint density at radius 1 is 0.470 bits per heavy atom. The molecule has 0 aliphatic carbocycles. The molecule has 0 aliphatic rings. The number of aromatic amines is 2. The molecule has 0 spiro atoms. The molecule has 0 unspecified atom stereocenters. The van der Waals surface area contributed by atoms with Gasteiger partial charge in [0.15, 0.2) is 0 Å². The lowest BCUT2D eigenvalue weighted by Crippen LogP contribution is -2.14. The molecule has 7 heterocycles. The van der Waals surface area contributed by atoms with Crippen LogP contribution in [0.4, 0.5) is 0 Å². The predicted molar refractivity (Wildman–Crippen MR) is 282 cm³/mol. The van der Waals surface area contributed by atoms with Crippen molar-refractivity contribution >= 4 is 22.7 Å². The summed E-state index contributed by atoms with van der Waals surface area (Å²) >= 11 is 3.37. The highest BCUT2D eigenvalue weighted by Crippen LogP contribution is 2.24. The number of pyridine rings is 1. The Hall–Kier alpha value is -5.01. The summed E-state index contributed by atoms with van der Waals surface area (Å²) in [7, 11) is 0. The van der Waals surface area contributed by atoms with Gasteiger partial charge in [-0.3, -0.25) is 25.1 Å². The summed E-state index contributed by atoms with van der Waals surface area (Å²) in [5.41, 5.74) is 7.46. The number of hydrogen-bond acceptors (Lipinski definition) is 11. The van der Waals surface area contributed by atoms with Crippen LogP contribution < -0.4 is 0 Å². The van der Waals surface area contributed by atoms with Gasteiger partial charge < -0.3 is 0 Å². The fourth-order valence-electron chi connectivity index (χ4n) is 4.24. The third-order valence-corrected chi connectivity index (χ3v) is 9.78. The second-order valence-electron chi connectivity index (χ2n) is 22.1. The molecule has 0 amide bonds. The van der Waals surface area contributed by atoms with E-state index < -0.39 is 0 Å². The number of nitrogens with one attached hydrogen (secondary N) is 2. The largest absolute Gasteiger partial charge is 0.286 e. The second-order valence-corrected chi connectivity index (χ2v) is 23.7. The Labute approximate surface area is 408 Å². The van der Waals surface area contributed by atoms with Gasteiger partial charge in [-0.2, -0.15) is 10.2 Å². The maximum Gasteiger partial charge on any atom is 0.133 e. The number of aromatic nitrogens is 11. The van der Waals surface area contributed by atoms with Crippen LogP contribution in [-0.2, 0) is 32.5 Å². The van der Waals surface area contributed by atoms with Crippen molar-refractivity contribution < 1.29 is 0 Å². The van der Waals surface area contributed by atoms with Gasteiger partial charge >= 0.3 is 0 Å². The van der Waals surface area contributed by atoms with Crippen LogP contribution in [0.15, 0.2) is 115 Å². The Kier molecular flexibility index (Phi) is 27.3. The molecule has 364 valence electrons. The van der Waals surface area contributed by atoms with E-state index in [4.69, 9.17) is 0 Å². The van der Waals surface area contributed by atoms with Gasteiger partial charge in [0.25, 0.3) is 0 Å². The van der Waals surface area contributed by atoms with Crippen molar-refractivity contribution in [1.29, 1.82) is 0 Å². The molecule has 7 aromatic rings. The topological polar surface area (TPSA) is 148 Å². The van der Waals surface area contributed by atoms with Gasteiger partial charge in [-0.25, -0.2) is 19.9 Å². The van der Waals surface area contributed by atoms with Crippen molar-refractivity contribution in [3.8, 4) is 0 Å². The Morgan fingerprint density at radius 3 is 1.29 bits per heavy atom. The van der Waals surface area contributed by atoms with E-state index in [2.05, 4.69) is 212 Å². The van der Waals surface area contributed by atoms with Gasteiger partial charge in [0.1, 0.15) is 5.82 Å². The lowest BCUT2D eigenvalue weighted by Gasteiger charge is -2.16. The number of rotatable bonds is 0. The third kappa shape index (κ3) is 30.2. The summed E-state index contributed by atoms with van der Waals surface area (Å²) in [4.78, 5) is 29.1. The van der Waals surface area contributed by atoms with Crippen molar-refractivity contribution in [2.24, 2.45) is 5.92 Å². The number of H-pyrrole nitrogens is 2. The fraction of sp³-hybridized carbons (Fsp3) is 0.528. The zero-order valence-electron chi connectivity index (χ0n) is 44.4. The molecule has 13 heteroatoms. The summed E-state index contributed by atoms with van der Waals surface area (Å²) < 4.78 is 0. The first-order valence-corrected chi connectivity index (χ1v) is 24.4. The number of nitrogens with zero attached hydrogens (tertiary/aromatic N) is 9. The molecular weight excluding hydrogens is 855 g/mol. The standard InChI is InChI=1S/C9H13N.2C8H12N2.C7H12N2.2C7H11NS.C4H10.C3H4N2/c1-9(2,3)8-6-4-5-7-10-8;1-8(2,3)7-6-9-4-5-10-7;1-8(2,3)7-9-5-4-6-10-7;1-7(2,3)6-4-5-8-9-6;1-7(2,3)6-4-9-5-8-6;1-7(2,3)6-8-4-5-9-6;1-4(2)3;1-2-4-5-3-1/h4-7H,1-3H3;2*4-6H,1-3H3;4-5H,1-3H3,(H,8,9);2*4-5H,1-3H3;4H,1-3H3;1-3H,(H,4,5). The molecular formula is C53H85N11S2. The molecule has 0 aliphatic heterocycles. The first-order chi connectivity index (χ1) is 30.4. The first kappa shape index (κ1) is 61.0. The van der Waals surface area contributed by atoms with Crippen molar-refractivity contribution in [3.63, 3.8) is 0 Å². The highest BCUT2D eigenvalue weighted by atomic mass is 32.1. The maximum absolute atomic E-state index is 4.25. The molecule has 66 heavy (non-hydrogen) atoms. The number of hydrogen-bond donors (Lipinski definition) is 2. The fourth-order valence-corrected chi connectivity index (χ4v) is 5.75. The van der Waals surface area contributed by atoms with Crippen LogP contribution in [0.2, 0.25) is 0 Å². The first-order valence-electron chi connectivity index (χ1n) is 22.5. The Balaban J connectivity index is 0.000000741. The van der Waals surface area contributed by atoms with Crippen molar-refractivity contribution in [3.05, 3.63) is 148 Å². The Morgan fingerprint density at radius 2 is 1.05 bits per heavy atom. The van der Waals surface area contributed by atoms with E-state index >= 15 is 0 Å². The summed E-state index contributed by atoms with van der Waals surface area (Å²) in [5.74, 6) is 1.73. The summed E-state index contributed by atoms with van der Waals surface area (Å²) in [5, 5.41) is 18.3. The average Bonchev–Trinajstić information content (AvgIpc) is 4.08. The molecule has 7 rings (SSSR count). The van der Waals surface area contributed by atoms with E-state index in [-0.39, 0.29) is 32.5 Å². The van der Waals surface area contributed by atoms with E-state index in [1.165, 1.54) is 16.4 Å². The molecule has 0 radical (unpaired) electrons. The minimum absolute atomic E-state index is 0.0707. The van der Waals surface area contributed by atoms with E-state index in [9.17, 15) is 0 Å². The van der Waals surface area contributed by atoms with E-state index in [1.807, 2.05) is 53.6 Å². The Bertz CT molecular complexity index is 1850. The van der Waals surface area contributed by atoms with Crippen LogP contribution in [0.1, 0.15) is 179 Å². The van der Waals surface area contributed by atoms with Crippen LogP contribution in [-0.4, -0.2) is 55.3 Å². The molecule has 0 fully saturated rings. The second kappa shape index (κ2) is 29.6. The summed E-state index contributed by atoms with van der Waals surface area (Å²) in [6, 6.07) is 11.7. The van der Waals surface area contributed by atoms with Crippen LogP contribution in [0.25, 0.3) is 0 Å². The van der Waals surface area contributed by atoms with Crippen LogP contribution in [0, 0.1) is 5.92 Å². The molecule has 0 saturated heterocycles. The quantitative estimate of drug-likeness (QED) is 0.152. The molecule has 7 aromatic heterocycles. The molecule has 0 atom stereocenters. The number of thiazole rings is 2. The molecule has 2 N–H and O–H groups in total. The van der Waals surface area contributed by atoms with Crippen LogP contribution in [0.3, 0.4) is 0 Å². The zero-order valence-corrected chi connectivity index (χ0v) is 46.0. The predicted octanol–water partition coefficient (Wildman–Crippen LogP) is 14.6. The highest BCUT2D eigenvalue weighted by Gasteiger charge is 2.18. The van der Waals surface area contributed by atoms with Crippen LogP contribution >= 0.6 is 22.7 Å². The lowest BCUT2D eigenvalue weighted by atomic mass is 9.92. The van der Waals surface area contributed by atoms with Gasteiger partial charge in [0.2, 0.25) is 0 Å². The third-order valence-electron chi connectivity index (χ3n) is 7.99. The monoisotopic (exact) mass is 940 g/mol. The van der Waals surface area contributed by atoms with Gasteiger partial charge in [-0.1, -0.05) is 151 Å². The minimum Gasteiger partial charge on any atom is -0.286 e. The van der Waals surface area contributed by atoms with Gasteiger partial charge in [-0.15, -0.1) is 22.7 Å². The van der Waals surface area contributed by atoms with Crippen molar-refractivity contribution in [2.45, 2.75) is 178 Å². The summed E-state index contributed by atoms with van der Waals surface area (Å²) in [6.45, 7) is 45.1. The SMILES string of the molecule is CC(C)(C)c1ccccn1.CC(C)(C)c1ccn[nH]1.CC(C)(C)c1cnccn1.CC(C)(C)c1cscn1.CC(C)(C)c1ncccn1.CC(C)(C)c1nccs1.CC(C)C.c1cn[nH]c1. The highest BCUT2D eigenvalue weighted by molar-refractivity contribution is 7.09. The van der Waals surface area contributed by atoms with Gasteiger partial charge in [0.05, 0.1) is 21.9 Å². The van der Waals surface area contributed by atoms with Gasteiger partial charge in [-0.05, 0) is 36.2 Å². The van der Waals surface area contributed by atoms with E-state index in [1.54, 1.807) is 72.2 Å². The zero-order chi connectivity index (χ0) is 50.7. The van der Waals surface area contributed by atoms with Gasteiger partial charge in [0, 0.05) is 117 Å². The molecule has 11 nitrogen and oxygen atoms in total. The molecule has 0 bridgehead atoms. The minimum atomic E-state index is 0.0707. The average molecular weight is 940 g/mol. The van der Waals surface area contributed by atoms with E-state index in [0.717, 1.165) is 23.1 Å². The van der Waals surface area contributed by atoms with Crippen LogP contribution in [0.5, 0.6) is 0 Å².